The van der Waals surface area contributed by atoms with Gasteiger partial charge in [0, 0.05) is 19.1 Å². The van der Waals surface area contributed by atoms with Crippen LogP contribution in [-0.2, 0) is 17.7 Å². The Hall–Kier alpha value is -0.870. The van der Waals surface area contributed by atoms with Crippen LogP contribution < -0.4 is 5.56 Å². The van der Waals surface area contributed by atoms with Crippen LogP contribution in [0.2, 0.25) is 5.15 Å². The van der Waals surface area contributed by atoms with Crippen LogP contribution in [0.25, 0.3) is 0 Å². The number of nitrogens with zero attached hydrogens (tertiary/aromatic N) is 2. The molecule has 0 saturated heterocycles. The molecule has 0 aliphatic carbocycles. The molecule has 0 aliphatic heterocycles. The number of hydrogen-bond acceptors (Lipinski definition) is 3. The largest absolute Gasteiger partial charge is 0.380 e. The highest BCUT2D eigenvalue weighted by Crippen LogP contribution is 2.03. The van der Waals surface area contributed by atoms with E-state index >= 15 is 0 Å². The molecular formula is C13H21ClN2O2. The fourth-order valence-electron chi connectivity index (χ4n) is 1.61. The molecule has 0 saturated carbocycles. The molecular weight excluding hydrogens is 252 g/mol. The Balaban J connectivity index is 2.54. The van der Waals surface area contributed by atoms with Crippen molar-refractivity contribution in [2.45, 2.75) is 40.2 Å². The second kappa shape index (κ2) is 7.54. The van der Waals surface area contributed by atoms with Crippen LogP contribution in [0.4, 0.5) is 0 Å². The summed E-state index contributed by atoms with van der Waals surface area (Å²) in [6.07, 6.45) is 1.72. The zero-order chi connectivity index (χ0) is 13.5. The van der Waals surface area contributed by atoms with Gasteiger partial charge in [0.2, 0.25) is 0 Å². The third-order valence-corrected chi connectivity index (χ3v) is 2.86. The van der Waals surface area contributed by atoms with Crippen molar-refractivity contribution >= 4 is 11.6 Å². The third-order valence-electron chi connectivity index (χ3n) is 2.67. The van der Waals surface area contributed by atoms with Crippen LogP contribution in [0.3, 0.4) is 0 Å². The molecule has 0 unspecified atom stereocenters. The molecule has 0 radical (unpaired) electrons. The van der Waals surface area contributed by atoms with Gasteiger partial charge in [-0.25, -0.2) is 4.98 Å². The maximum absolute atomic E-state index is 11.8. The van der Waals surface area contributed by atoms with Gasteiger partial charge in [-0.3, -0.25) is 9.36 Å². The normalized spacial score (nSPS) is 11.2. The first-order valence-corrected chi connectivity index (χ1v) is 6.76. The number of hydrogen-bond donors (Lipinski definition) is 0. The maximum Gasteiger partial charge on any atom is 0.255 e. The average molecular weight is 273 g/mol. The Bertz CT molecular complexity index is 429. The summed E-state index contributed by atoms with van der Waals surface area (Å²) in [6.45, 7) is 8.06. The summed E-state index contributed by atoms with van der Waals surface area (Å²) < 4.78 is 7.14. The van der Waals surface area contributed by atoms with Crippen LogP contribution >= 0.6 is 11.6 Å². The predicted molar refractivity (Wildman–Crippen MR) is 73.2 cm³/mol. The molecule has 0 aromatic carbocycles. The van der Waals surface area contributed by atoms with Crippen LogP contribution in [0, 0.1) is 5.92 Å². The highest BCUT2D eigenvalue weighted by Gasteiger charge is 2.06. The van der Waals surface area contributed by atoms with Gasteiger partial charge in [-0.15, -0.1) is 0 Å². The van der Waals surface area contributed by atoms with Crippen LogP contribution in [0.1, 0.15) is 33.0 Å². The second-order valence-corrected chi connectivity index (χ2v) is 5.02. The molecule has 0 amide bonds. The Kier molecular flexibility index (Phi) is 6.36. The van der Waals surface area contributed by atoms with Crippen molar-refractivity contribution in [1.29, 1.82) is 0 Å². The van der Waals surface area contributed by atoms with Crippen molar-refractivity contribution in [3.8, 4) is 0 Å². The number of ether oxygens (including phenoxy) is 1. The van der Waals surface area contributed by atoms with Crippen molar-refractivity contribution in [3.63, 3.8) is 0 Å². The molecule has 0 fully saturated rings. The van der Waals surface area contributed by atoms with E-state index in [4.69, 9.17) is 16.3 Å². The Morgan fingerprint density at radius 3 is 2.78 bits per heavy atom. The average Bonchev–Trinajstić information content (AvgIpc) is 2.30. The highest BCUT2D eigenvalue weighted by molar-refractivity contribution is 6.29. The number of rotatable bonds is 7. The summed E-state index contributed by atoms with van der Waals surface area (Å²) in [5.41, 5.74) is -0.112. The molecule has 0 atom stereocenters. The lowest BCUT2D eigenvalue weighted by atomic mass is 10.1. The van der Waals surface area contributed by atoms with Gasteiger partial charge in [0.1, 0.15) is 11.0 Å². The van der Waals surface area contributed by atoms with Crippen molar-refractivity contribution in [2.24, 2.45) is 5.92 Å². The molecule has 0 aliphatic rings. The van der Waals surface area contributed by atoms with Crippen LogP contribution in [0.15, 0.2) is 10.9 Å². The van der Waals surface area contributed by atoms with Crippen molar-refractivity contribution in [3.05, 3.63) is 27.4 Å². The summed E-state index contributed by atoms with van der Waals surface area (Å²) >= 11 is 5.76. The summed E-state index contributed by atoms with van der Waals surface area (Å²) in [5, 5.41) is 0.258. The number of aromatic nitrogens is 2. The van der Waals surface area contributed by atoms with E-state index in [0.29, 0.717) is 31.3 Å². The summed E-state index contributed by atoms with van der Waals surface area (Å²) in [4.78, 5) is 15.9. The van der Waals surface area contributed by atoms with Crippen molar-refractivity contribution in [1.82, 2.24) is 9.55 Å². The van der Waals surface area contributed by atoms with Gasteiger partial charge in [-0.05, 0) is 12.3 Å². The summed E-state index contributed by atoms with van der Waals surface area (Å²) in [6, 6.07) is 1.34. The molecule has 4 nitrogen and oxygen atoms in total. The third kappa shape index (κ3) is 4.78. The predicted octanol–water partition coefficient (Wildman–Crippen LogP) is 2.52. The molecule has 0 N–H and O–H groups in total. The molecule has 5 heteroatoms. The smallest absolute Gasteiger partial charge is 0.255 e. The topological polar surface area (TPSA) is 44.1 Å². The Morgan fingerprint density at radius 1 is 1.44 bits per heavy atom. The molecule has 18 heavy (non-hydrogen) atoms. The quantitative estimate of drug-likeness (QED) is 0.566. The minimum atomic E-state index is -0.112. The first kappa shape index (κ1) is 15.2. The van der Waals surface area contributed by atoms with Gasteiger partial charge < -0.3 is 4.74 Å². The molecule has 1 aromatic rings. The fraction of sp³-hybridized carbons (Fsp3) is 0.692. The molecule has 0 bridgehead atoms. The number of halogens is 1. The lowest BCUT2D eigenvalue weighted by Gasteiger charge is -2.11. The van der Waals surface area contributed by atoms with E-state index in [1.54, 1.807) is 4.57 Å². The lowest BCUT2D eigenvalue weighted by Crippen LogP contribution is -2.26. The number of aryl methyl sites for hydroxylation is 1. The van der Waals surface area contributed by atoms with Gasteiger partial charge in [0.25, 0.3) is 5.56 Å². The van der Waals surface area contributed by atoms with Crippen molar-refractivity contribution < 1.29 is 4.74 Å². The molecule has 102 valence electrons. The summed E-state index contributed by atoms with van der Waals surface area (Å²) in [5.74, 6) is 1.34. The van der Waals surface area contributed by atoms with Gasteiger partial charge in [-0.1, -0.05) is 32.4 Å². The molecule has 1 rings (SSSR count). The molecule has 1 heterocycles. The van der Waals surface area contributed by atoms with Crippen LogP contribution in [0.5, 0.6) is 0 Å². The Morgan fingerprint density at radius 2 is 2.17 bits per heavy atom. The van der Waals surface area contributed by atoms with E-state index < -0.39 is 0 Å². The lowest BCUT2D eigenvalue weighted by molar-refractivity contribution is 0.115. The SMILES string of the molecule is CCc1nc(Cl)cc(=O)n1CCOCCC(C)C. The standard InChI is InChI=1S/C13H21ClN2O2/c1-4-12-15-11(14)9-13(17)16(12)6-8-18-7-5-10(2)3/h9-10H,4-8H2,1-3H3. The van der Waals surface area contributed by atoms with Gasteiger partial charge in [-0.2, -0.15) is 0 Å². The highest BCUT2D eigenvalue weighted by atomic mass is 35.5. The first-order valence-electron chi connectivity index (χ1n) is 6.38. The minimum absolute atomic E-state index is 0.112. The molecule has 1 aromatic heterocycles. The Labute approximate surface area is 113 Å². The zero-order valence-corrected chi connectivity index (χ0v) is 12.0. The maximum atomic E-state index is 11.8. The van der Waals surface area contributed by atoms with E-state index in [1.807, 2.05) is 6.92 Å². The van der Waals surface area contributed by atoms with Gasteiger partial charge >= 0.3 is 0 Å². The zero-order valence-electron chi connectivity index (χ0n) is 11.3. The van der Waals surface area contributed by atoms with E-state index in [0.717, 1.165) is 13.0 Å². The van der Waals surface area contributed by atoms with Crippen LogP contribution in [-0.4, -0.2) is 22.8 Å². The fourth-order valence-corrected chi connectivity index (χ4v) is 1.80. The van der Waals surface area contributed by atoms with Crippen molar-refractivity contribution in [2.75, 3.05) is 13.2 Å². The monoisotopic (exact) mass is 272 g/mol. The first-order chi connectivity index (χ1) is 8.54. The van der Waals surface area contributed by atoms with E-state index in [2.05, 4.69) is 18.8 Å². The van der Waals surface area contributed by atoms with E-state index in [1.165, 1.54) is 6.07 Å². The van der Waals surface area contributed by atoms with E-state index in [-0.39, 0.29) is 10.7 Å². The second-order valence-electron chi connectivity index (χ2n) is 4.63. The minimum Gasteiger partial charge on any atom is -0.380 e. The van der Waals surface area contributed by atoms with Gasteiger partial charge in [0.05, 0.1) is 13.2 Å². The van der Waals surface area contributed by atoms with E-state index in [9.17, 15) is 4.79 Å². The summed E-state index contributed by atoms with van der Waals surface area (Å²) in [7, 11) is 0. The molecule has 0 spiro atoms. The van der Waals surface area contributed by atoms with Gasteiger partial charge in [0.15, 0.2) is 0 Å².